The fourth-order valence-corrected chi connectivity index (χ4v) is 8.26. The summed E-state index contributed by atoms with van der Waals surface area (Å²) in [5.74, 6) is 0.201. The van der Waals surface area contributed by atoms with Crippen molar-refractivity contribution < 1.29 is 17.5 Å². The minimum absolute atomic E-state index is 0.188. The standard InChI is InChI=1S/C32H37FN6O3S2/c1-21(2)31-37-29(22-7-6-8-24(19-22)38-44(40,41)25-9-4-3-5-10-25)30(43-31)27-13-14-34-32(36-27)35-23-11-12-28(26(33)20-23)39-15-17-42-18-16-39/h6-8,11-14,19-21,25,38H,3-5,9-10,15-18H2,1-2H3,(H,34,35,36). The summed E-state index contributed by atoms with van der Waals surface area (Å²) in [6, 6.07) is 14.2. The smallest absolute Gasteiger partial charge is 0.235 e. The number of nitrogens with one attached hydrogen (secondary N) is 2. The van der Waals surface area contributed by atoms with E-state index in [1.807, 2.05) is 35.2 Å². The van der Waals surface area contributed by atoms with E-state index in [2.05, 4.69) is 28.9 Å². The van der Waals surface area contributed by atoms with Crippen molar-refractivity contribution in [3.8, 4) is 21.8 Å². The minimum Gasteiger partial charge on any atom is -0.378 e. The van der Waals surface area contributed by atoms with Crippen LogP contribution in [0.5, 0.6) is 0 Å². The molecular weight excluding hydrogens is 600 g/mol. The molecule has 2 aromatic heterocycles. The summed E-state index contributed by atoms with van der Waals surface area (Å²) >= 11 is 1.55. The Kier molecular flexibility index (Phi) is 9.11. The monoisotopic (exact) mass is 636 g/mol. The summed E-state index contributed by atoms with van der Waals surface area (Å²) in [5.41, 5.74) is 3.80. The number of sulfonamides is 1. The summed E-state index contributed by atoms with van der Waals surface area (Å²) in [6.45, 7) is 6.64. The average molecular weight is 637 g/mol. The van der Waals surface area contributed by atoms with Gasteiger partial charge in [-0.3, -0.25) is 4.72 Å². The van der Waals surface area contributed by atoms with E-state index in [1.54, 1.807) is 29.7 Å². The van der Waals surface area contributed by atoms with Gasteiger partial charge in [0.1, 0.15) is 5.82 Å². The molecule has 0 atom stereocenters. The molecule has 1 saturated carbocycles. The van der Waals surface area contributed by atoms with Crippen LogP contribution in [0, 0.1) is 5.82 Å². The molecule has 44 heavy (non-hydrogen) atoms. The molecule has 4 aromatic rings. The summed E-state index contributed by atoms with van der Waals surface area (Å²) < 4.78 is 49.5. The second-order valence-electron chi connectivity index (χ2n) is 11.5. The Morgan fingerprint density at radius 2 is 1.80 bits per heavy atom. The molecule has 2 aromatic carbocycles. The predicted molar refractivity (Wildman–Crippen MR) is 175 cm³/mol. The summed E-state index contributed by atoms with van der Waals surface area (Å²) in [7, 11) is -3.49. The third-order valence-electron chi connectivity index (χ3n) is 7.97. The first-order chi connectivity index (χ1) is 21.3. The van der Waals surface area contributed by atoms with Crippen LogP contribution in [0.3, 0.4) is 0 Å². The Morgan fingerprint density at radius 1 is 1.00 bits per heavy atom. The molecule has 0 radical (unpaired) electrons. The maximum atomic E-state index is 15.0. The van der Waals surface area contributed by atoms with Crippen molar-refractivity contribution in [1.82, 2.24) is 15.0 Å². The number of anilines is 4. The molecule has 232 valence electrons. The molecule has 12 heteroatoms. The predicted octanol–water partition coefficient (Wildman–Crippen LogP) is 7.18. The topological polar surface area (TPSA) is 109 Å². The van der Waals surface area contributed by atoms with Crippen LogP contribution < -0.4 is 14.9 Å². The second-order valence-corrected chi connectivity index (χ2v) is 14.5. The first kappa shape index (κ1) is 30.4. The van der Waals surface area contributed by atoms with Gasteiger partial charge in [0.15, 0.2) is 0 Å². The van der Waals surface area contributed by atoms with Crippen LogP contribution >= 0.6 is 11.3 Å². The molecule has 6 rings (SSSR count). The summed E-state index contributed by atoms with van der Waals surface area (Å²) in [5, 5.41) is 3.72. The lowest BCUT2D eigenvalue weighted by molar-refractivity contribution is 0.122. The fraction of sp³-hybridized carbons (Fsp3) is 0.406. The number of thiazole rings is 1. The maximum absolute atomic E-state index is 15.0. The number of nitrogens with zero attached hydrogens (tertiary/aromatic N) is 4. The van der Waals surface area contributed by atoms with Crippen LogP contribution in [0.1, 0.15) is 56.9 Å². The molecular formula is C32H37FN6O3S2. The maximum Gasteiger partial charge on any atom is 0.235 e. The van der Waals surface area contributed by atoms with Crippen molar-refractivity contribution in [3.63, 3.8) is 0 Å². The van der Waals surface area contributed by atoms with Crippen LogP contribution in [0.4, 0.5) is 27.4 Å². The average Bonchev–Trinajstić information content (AvgIpc) is 3.49. The van der Waals surface area contributed by atoms with Crippen molar-refractivity contribution in [2.45, 2.75) is 57.1 Å². The summed E-state index contributed by atoms with van der Waals surface area (Å²) in [6.07, 6.45) is 6.02. The molecule has 2 N–H and O–H groups in total. The first-order valence-corrected chi connectivity index (χ1v) is 17.5. The highest BCUT2D eigenvalue weighted by Gasteiger charge is 2.27. The Labute approximate surface area is 262 Å². The van der Waals surface area contributed by atoms with Gasteiger partial charge in [0.25, 0.3) is 0 Å². The van der Waals surface area contributed by atoms with Gasteiger partial charge in [0.05, 0.1) is 45.4 Å². The second kappa shape index (κ2) is 13.2. The Balaban J connectivity index is 1.27. The molecule has 0 amide bonds. The van der Waals surface area contributed by atoms with Gasteiger partial charge in [-0.1, -0.05) is 45.2 Å². The highest BCUT2D eigenvalue weighted by molar-refractivity contribution is 7.93. The number of aromatic nitrogens is 3. The van der Waals surface area contributed by atoms with Crippen LogP contribution in [-0.4, -0.2) is 54.9 Å². The highest BCUT2D eigenvalue weighted by Crippen LogP contribution is 2.39. The van der Waals surface area contributed by atoms with Gasteiger partial charge in [-0.2, -0.15) is 0 Å². The van der Waals surface area contributed by atoms with E-state index in [0.29, 0.717) is 67.8 Å². The zero-order valence-electron chi connectivity index (χ0n) is 24.9. The summed E-state index contributed by atoms with van der Waals surface area (Å²) in [4.78, 5) is 16.9. The Hall–Kier alpha value is -3.61. The molecule has 0 unspecified atom stereocenters. The Bertz CT molecular complexity index is 1720. The van der Waals surface area contributed by atoms with Crippen LogP contribution in [0.25, 0.3) is 21.8 Å². The zero-order valence-corrected chi connectivity index (χ0v) is 26.6. The van der Waals surface area contributed by atoms with Crippen molar-refractivity contribution in [1.29, 1.82) is 0 Å². The fourth-order valence-electron chi connectivity index (χ4n) is 5.63. The molecule has 3 heterocycles. The van der Waals surface area contributed by atoms with E-state index in [-0.39, 0.29) is 17.0 Å². The van der Waals surface area contributed by atoms with Gasteiger partial charge < -0.3 is 15.0 Å². The van der Waals surface area contributed by atoms with Gasteiger partial charge >= 0.3 is 0 Å². The molecule has 2 fully saturated rings. The molecule has 0 spiro atoms. The van der Waals surface area contributed by atoms with Gasteiger partial charge in [-0.25, -0.2) is 27.8 Å². The van der Waals surface area contributed by atoms with E-state index in [0.717, 1.165) is 40.4 Å². The SMILES string of the molecule is CC(C)c1nc(-c2cccc(NS(=O)(=O)C3CCCCC3)c2)c(-c2ccnc(Nc3ccc(N4CCOCC4)c(F)c3)n2)s1. The molecule has 1 aliphatic heterocycles. The zero-order chi connectivity index (χ0) is 30.7. The van der Waals surface area contributed by atoms with E-state index in [9.17, 15) is 8.42 Å². The van der Waals surface area contributed by atoms with E-state index in [1.165, 1.54) is 6.07 Å². The van der Waals surface area contributed by atoms with Gasteiger partial charge in [-0.05, 0) is 49.2 Å². The Morgan fingerprint density at radius 3 is 2.55 bits per heavy atom. The molecule has 2 aliphatic rings. The van der Waals surface area contributed by atoms with Gasteiger partial charge in [-0.15, -0.1) is 11.3 Å². The number of benzene rings is 2. The van der Waals surface area contributed by atoms with Crippen LogP contribution in [0.15, 0.2) is 54.7 Å². The third kappa shape index (κ3) is 6.87. The number of ether oxygens (including phenoxy) is 1. The van der Waals surface area contributed by atoms with Crippen LogP contribution in [0.2, 0.25) is 0 Å². The quantitative estimate of drug-likeness (QED) is 0.199. The number of morpholine rings is 1. The molecule has 9 nitrogen and oxygen atoms in total. The van der Waals surface area contributed by atoms with E-state index >= 15 is 4.39 Å². The lowest BCUT2D eigenvalue weighted by Gasteiger charge is -2.29. The minimum atomic E-state index is -3.49. The largest absolute Gasteiger partial charge is 0.378 e. The van der Waals surface area contributed by atoms with E-state index < -0.39 is 10.0 Å². The normalized spacial score (nSPS) is 16.3. The number of rotatable bonds is 9. The lowest BCUT2D eigenvalue weighted by Crippen LogP contribution is -2.36. The third-order valence-corrected chi connectivity index (χ3v) is 11.2. The van der Waals surface area contributed by atoms with Crippen molar-refractivity contribution in [2.75, 3.05) is 41.2 Å². The van der Waals surface area contributed by atoms with Crippen molar-refractivity contribution in [3.05, 3.63) is 65.6 Å². The number of hydrogen-bond acceptors (Lipinski definition) is 9. The number of hydrogen-bond donors (Lipinski definition) is 2. The van der Waals surface area contributed by atoms with E-state index in [4.69, 9.17) is 14.7 Å². The highest BCUT2D eigenvalue weighted by atomic mass is 32.2. The van der Waals surface area contributed by atoms with Gasteiger partial charge in [0, 0.05) is 42.1 Å². The first-order valence-electron chi connectivity index (χ1n) is 15.1. The van der Waals surface area contributed by atoms with Crippen molar-refractivity contribution in [2.24, 2.45) is 0 Å². The molecule has 1 saturated heterocycles. The van der Waals surface area contributed by atoms with Gasteiger partial charge in [0.2, 0.25) is 16.0 Å². The molecule has 1 aliphatic carbocycles. The number of halogens is 1. The lowest BCUT2D eigenvalue weighted by atomic mass is 10.0. The molecule has 0 bridgehead atoms. The van der Waals surface area contributed by atoms with Crippen molar-refractivity contribution >= 4 is 44.4 Å². The van der Waals surface area contributed by atoms with Crippen LogP contribution in [-0.2, 0) is 14.8 Å².